The van der Waals surface area contributed by atoms with Crippen molar-refractivity contribution in [3.8, 4) is 0 Å². The standard InChI is InChI=1S/C14H20BrN3O4S/c1-9(8-23(4)22)16-13(19)14(2,3)17-11-6-5-10(15)7-12(11)18(20)21/h5-7,9,17H,8H2,1-4H3,(H,16,19)/t9-,23+/m1/s1. The van der Waals surface area contributed by atoms with Crippen molar-refractivity contribution in [3.05, 3.63) is 32.8 Å². The largest absolute Gasteiger partial charge is 0.366 e. The lowest BCUT2D eigenvalue weighted by Gasteiger charge is -2.28. The number of carbonyl (C=O) groups excluding carboxylic acids is 1. The molecule has 2 atom stereocenters. The second kappa shape index (κ2) is 7.87. The fourth-order valence-electron chi connectivity index (χ4n) is 1.95. The predicted molar refractivity (Wildman–Crippen MR) is 95.0 cm³/mol. The SMILES string of the molecule is C[C@H](C[S@](C)=O)NC(=O)C(C)(C)Nc1ccc(Br)cc1[N+](=O)[O-]. The molecule has 128 valence electrons. The van der Waals surface area contributed by atoms with E-state index in [2.05, 4.69) is 26.6 Å². The number of hydrogen-bond acceptors (Lipinski definition) is 5. The van der Waals surface area contributed by atoms with Crippen LogP contribution in [-0.4, -0.2) is 38.6 Å². The third-order valence-corrected chi connectivity index (χ3v) is 4.50. The highest BCUT2D eigenvalue weighted by Crippen LogP contribution is 2.30. The molecule has 0 saturated carbocycles. The minimum atomic E-state index is -1.07. The van der Waals surface area contributed by atoms with Crippen molar-refractivity contribution < 1.29 is 13.9 Å². The van der Waals surface area contributed by atoms with Gasteiger partial charge in [-0.15, -0.1) is 0 Å². The van der Waals surface area contributed by atoms with Crippen LogP contribution in [0.4, 0.5) is 11.4 Å². The molecule has 0 bridgehead atoms. The molecule has 1 aromatic carbocycles. The Bertz CT molecular complexity index is 636. The molecule has 0 spiro atoms. The quantitative estimate of drug-likeness (QED) is 0.535. The van der Waals surface area contributed by atoms with Crippen LogP contribution in [0.5, 0.6) is 0 Å². The van der Waals surface area contributed by atoms with Crippen LogP contribution in [0.15, 0.2) is 22.7 Å². The fourth-order valence-corrected chi connectivity index (χ4v) is 3.09. The topological polar surface area (TPSA) is 101 Å². The molecule has 1 amide bonds. The van der Waals surface area contributed by atoms with Crippen LogP contribution in [0.2, 0.25) is 0 Å². The second-order valence-corrected chi connectivity index (χ2v) is 8.18. The molecule has 1 rings (SSSR count). The Morgan fingerprint density at radius 1 is 1.48 bits per heavy atom. The molecule has 0 aliphatic heterocycles. The van der Waals surface area contributed by atoms with Crippen molar-refractivity contribution in [2.24, 2.45) is 0 Å². The minimum Gasteiger partial charge on any atom is -0.366 e. The van der Waals surface area contributed by atoms with E-state index in [1.807, 2.05) is 0 Å². The minimum absolute atomic E-state index is 0.122. The summed E-state index contributed by atoms with van der Waals surface area (Å²) in [6, 6.07) is 4.32. The van der Waals surface area contributed by atoms with E-state index in [-0.39, 0.29) is 23.3 Å². The summed E-state index contributed by atoms with van der Waals surface area (Å²) >= 11 is 3.19. The fraction of sp³-hybridized carbons (Fsp3) is 0.500. The summed E-state index contributed by atoms with van der Waals surface area (Å²) in [6.45, 7) is 5.02. The zero-order valence-electron chi connectivity index (χ0n) is 13.4. The summed E-state index contributed by atoms with van der Waals surface area (Å²) in [7, 11) is -1.02. The van der Waals surface area contributed by atoms with E-state index in [4.69, 9.17) is 0 Å². The van der Waals surface area contributed by atoms with E-state index in [1.165, 1.54) is 6.07 Å². The molecule has 0 aromatic heterocycles. The average Bonchev–Trinajstić information content (AvgIpc) is 2.39. The Kier molecular flexibility index (Phi) is 6.69. The molecular weight excluding hydrogens is 386 g/mol. The van der Waals surface area contributed by atoms with E-state index in [0.717, 1.165) is 0 Å². The Morgan fingerprint density at radius 2 is 2.09 bits per heavy atom. The number of amides is 1. The Hall–Kier alpha value is -1.48. The van der Waals surface area contributed by atoms with Crippen LogP contribution in [0.3, 0.4) is 0 Å². The van der Waals surface area contributed by atoms with Crippen molar-refractivity contribution in [1.82, 2.24) is 5.32 Å². The highest BCUT2D eigenvalue weighted by molar-refractivity contribution is 9.10. The molecule has 0 fully saturated rings. The number of anilines is 1. The molecule has 0 aliphatic rings. The number of nitro groups is 1. The van der Waals surface area contributed by atoms with Crippen molar-refractivity contribution >= 4 is 44.0 Å². The van der Waals surface area contributed by atoms with Gasteiger partial charge in [0, 0.05) is 39.4 Å². The van der Waals surface area contributed by atoms with E-state index in [9.17, 15) is 19.1 Å². The maximum absolute atomic E-state index is 12.4. The first-order chi connectivity index (χ1) is 10.5. The number of rotatable bonds is 7. The van der Waals surface area contributed by atoms with Crippen molar-refractivity contribution in [2.45, 2.75) is 32.4 Å². The molecule has 23 heavy (non-hydrogen) atoms. The first-order valence-corrected chi connectivity index (χ1v) is 9.38. The summed E-state index contributed by atoms with van der Waals surface area (Å²) in [5.74, 6) is 0.0212. The molecule has 0 heterocycles. The summed E-state index contributed by atoms with van der Waals surface area (Å²) in [6.07, 6.45) is 1.57. The smallest absolute Gasteiger partial charge is 0.293 e. The highest BCUT2D eigenvalue weighted by Gasteiger charge is 2.31. The van der Waals surface area contributed by atoms with E-state index < -0.39 is 21.3 Å². The number of halogens is 1. The van der Waals surface area contributed by atoms with Crippen LogP contribution in [-0.2, 0) is 15.6 Å². The van der Waals surface area contributed by atoms with Gasteiger partial charge in [-0.1, -0.05) is 15.9 Å². The number of hydrogen-bond donors (Lipinski definition) is 2. The summed E-state index contributed by atoms with van der Waals surface area (Å²) < 4.78 is 11.8. The number of benzene rings is 1. The highest BCUT2D eigenvalue weighted by atomic mass is 79.9. The van der Waals surface area contributed by atoms with Crippen LogP contribution < -0.4 is 10.6 Å². The molecule has 1 aromatic rings. The van der Waals surface area contributed by atoms with Gasteiger partial charge in [0.25, 0.3) is 5.69 Å². The lowest BCUT2D eigenvalue weighted by molar-refractivity contribution is -0.384. The first-order valence-electron chi connectivity index (χ1n) is 6.86. The molecule has 2 N–H and O–H groups in total. The molecule has 0 unspecified atom stereocenters. The lowest BCUT2D eigenvalue weighted by atomic mass is 10.0. The monoisotopic (exact) mass is 405 g/mol. The Balaban J connectivity index is 2.91. The maximum Gasteiger partial charge on any atom is 0.293 e. The number of nitro benzene ring substituents is 1. The van der Waals surface area contributed by atoms with Gasteiger partial charge in [-0.05, 0) is 32.9 Å². The third-order valence-electron chi connectivity index (χ3n) is 3.03. The first kappa shape index (κ1) is 19.6. The molecular formula is C14H20BrN3O4S. The van der Waals surface area contributed by atoms with Crippen LogP contribution in [0.1, 0.15) is 20.8 Å². The van der Waals surface area contributed by atoms with Gasteiger partial charge < -0.3 is 10.6 Å². The summed E-state index contributed by atoms with van der Waals surface area (Å²) in [5.41, 5.74) is -0.935. The van der Waals surface area contributed by atoms with Gasteiger partial charge in [0.2, 0.25) is 5.91 Å². The summed E-state index contributed by atoms with van der Waals surface area (Å²) in [4.78, 5) is 23.0. The average molecular weight is 406 g/mol. The van der Waals surface area contributed by atoms with Gasteiger partial charge in [-0.3, -0.25) is 19.1 Å². The van der Waals surface area contributed by atoms with Gasteiger partial charge >= 0.3 is 0 Å². The normalized spacial score (nSPS) is 14.0. The third kappa shape index (κ3) is 5.91. The molecule has 9 heteroatoms. The van der Waals surface area contributed by atoms with Crippen LogP contribution in [0, 0.1) is 10.1 Å². The van der Waals surface area contributed by atoms with E-state index in [1.54, 1.807) is 39.2 Å². The van der Waals surface area contributed by atoms with Crippen molar-refractivity contribution in [3.63, 3.8) is 0 Å². The summed E-state index contributed by atoms with van der Waals surface area (Å²) in [5, 5.41) is 16.8. The molecule has 0 radical (unpaired) electrons. The van der Waals surface area contributed by atoms with Gasteiger partial charge in [-0.2, -0.15) is 0 Å². The van der Waals surface area contributed by atoms with Gasteiger partial charge in [0.15, 0.2) is 0 Å². The Labute approximate surface area is 146 Å². The predicted octanol–water partition coefficient (Wildman–Crippen LogP) is 2.43. The van der Waals surface area contributed by atoms with Gasteiger partial charge in [0.05, 0.1) is 4.92 Å². The molecule has 0 aliphatic carbocycles. The number of carbonyl (C=O) groups is 1. The number of nitrogens with one attached hydrogen (secondary N) is 2. The maximum atomic E-state index is 12.4. The molecule has 7 nitrogen and oxygen atoms in total. The van der Waals surface area contributed by atoms with E-state index >= 15 is 0 Å². The zero-order chi connectivity index (χ0) is 17.8. The Morgan fingerprint density at radius 3 is 2.61 bits per heavy atom. The van der Waals surface area contributed by atoms with Crippen molar-refractivity contribution in [2.75, 3.05) is 17.3 Å². The molecule has 0 saturated heterocycles. The van der Waals surface area contributed by atoms with Crippen LogP contribution >= 0.6 is 15.9 Å². The van der Waals surface area contributed by atoms with Crippen LogP contribution in [0.25, 0.3) is 0 Å². The number of nitrogens with zero attached hydrogens (tertiary/aromatic N) is 1. The van der Waals surface area contributed by atoms with Gasteiger partial charge in [0.1, 0.15) is 11.2 Å². The van der Waals surface area contributed by atoms with Crippen molar-refractivity contribution in [1.29, 1.82) is 0 Å². The van der Waals surface area contributed by atoms with Gasteiger partial charge in [-0.25, -0.2) is 0 Å². The van der Waals surface area contributed by atoms with E-state index in [0.29, 0.717) is 10.2 Å². The lowest BCUT2D eigenvalue weighted by Crippen LogP contribution is -2.51. The second-order valence-electron chi connectivity index (χ2n) is 5.78. The zero-order valence-corrected chi connectivity index (χ0v) is 15.8.